The molecule has 7 heteroatoms. The molecule has 1 atom stereocenters. The van der Waals surface area contributed by atoms with E-state index in [0.717, 1.165) is 17.8 Å². The van der Waals surface area contributed by atoms with Gasteiger partial charge < -0.3 is 10.2 Å². The molecule has 136 valence electrons. The summed E-state index contributed by atoms with van der Waals surface area (Å²) in [5, 5.41) is 7.67. The molecular formula is C18H24ClFN4O. The molecule has 0 saturated carbocycles. The minimum atomic E-state index is -0.287. The van der Waals surface area contributed by atoms with Gasteiger partial charge in [-0.15, -0.1) is 12.4 Å². The molecule has 5 nitrogen and oxygen atoms in total. The first-order chi connectivity index (χ1) is 11.5. The Balaban J connectivity index is 0.00000225. The molecule has 1 aliphatic rings. The van der Waals surface area contributed by atoms with Gasteiger partial charge in [0.1, 0.15) is 5.82 Å². The number of aryl methyl sites for hydroxylation is 1. The van der Waals surface area contributed by atoms with Gasteiger partial charge in [0.25, 0.3) is 5.91 Å². The van der Waals surface area contributed by atoms with E-state index < -0.39 is 0 Å². The van der Waals surface area contributed by atoms with Gasteiger partial charge in [-0.3, -0.25) is 9.48 Å². The molecule has 2 heterocycles. The van der Waals surface area contributed by atoms with E-state index in [-0.39, 0.29) is 30.2 Å². The summed E-state index contributed by atoms with van der Waals surface area (Å²) in [4.78, 5) is 14.8. The largest absolute Gasteiger partial charge is 0.328 e. The number of halogens is 2. The van der Waals surface area contributed by atoms with Crippen LogP contribution in [0.1, 0.15) is 47.6 Å². The van der Waals surface area contributed by atoms with Crippen molar-refractivity contribution in [1.29, 1.82) is 0 Å². The molecule has 1 amide bonds. The van der Waals surface area contributed by atoms with Gasteiger partial charge in [0.05, 0.1) is 6.04 Å². The van der Waals surface area contributed by atoms with E-state index in [0.29, 0.717) is 24.7 Å². The molecule has 1 aromatic heterocycles. The van der Waals surface area contributed by atoms with Crippen LogP contribution < -0.4 is 5.32 Å². The lowest BCUT2D eigenvalue weighted by Gasteiger charge is -2.36. The van der Waals surface area contributed by atoms with Crippen LogP contribution in [0.5, 0.6) is 0 Å². The number of aromatic nitrogens is 2. The van der Waals surface area contributed by atoms with E-state index in [4.69, 9.17) is 0 Å². The van der Waals surface area contributed by atoms with Crippen molar-refractivity contribution in [3.63, 3.8) is 0 Å². The number of hydrogen-bond donors (Lipinski definition) is 1. The predicted octanol–water partition coefficient (Wildman–Crippen LogP) is 2.89. The summed E-state index contributed by atoms with van der Waals surface area (Å²) in [5.41, 5.74) is 2.27. The first-order valence-electron chi connectivity index (χ1n) is 8.28. The van der Waals surface area contributed by atoms with E-state index in [1.807, 2.05) is 19.2 Å². The second-order valence-electron chi connectivity index (χ2n) is 6.51. The summed E-state index contributed by atoms with van der Waals surface area (Å²) in [6.07, 6.45) is 0. The number of carbonyl (C=O) groups is 1. The average Bonchev–Trinajstić information content (AvgIpc) is 2.96. The third kappa shape index (κ3) is 4.02. The van der Waals surface area contributed by atoms with Crippen molar-refractivity contribution in [2.75, 3.05) is 19.6 Å². The van der Waals surface area contributed by atoms with Crippen LogP contribution in [-0.2, 0) is 7.05 Å². The lowest BCUT2D eigenvalue weighted by molar-refractivity contribution is 0.0627. The highest BCUT2D eigenvalue weighted by Crippen LogP contribution is 2.25. The summed E-state index contributed by atoms with van der Waals surface area (Å²) in [7, 11) is 1.86. The van der Waals surface area contributed by atoms with Gasteiger partial charge >= 0.3 is 0 Å². The fourth-order valence-corrected chi connectivity index (χ4v) is 3.23. The van der Waals surface area contributed by atoms with Crippen LogP contribution >= 0.6 is 12.4 Å². The molecule has 1 unspecified atom stereocenters. The molecule has 1 saturated heterocycles. The molecule has 25 heavy (non-hydrogen) atoms. The van der Waals surface area contributed by atoms with E-state index in [1.54, 1.807) is 15.6 Å². The van der Waals surface area contributed by atoms with Crippen LogP contribution in [0.3, 0.4) is 0 Å². The van der Waals surface area contributed by atoms with Gasteiger partial charge in [0, 0.05) is 32.4 Å². The molecule has 1 fully saturated rings. The average molecular weight is 367 g/mol. The quantitative estimate of drug-likeness (QED) is 0.908. The summed E-state index contributed by atoms with van der Waals surface area (Å²) in [6.45, 7) is 6.06. The molecule has 2 aromatic rings. The summed E-state index contributed by atoms with van der Waals surface area (Å²) in [5.74, 6) is -0.0928. The number of benzene rings is 1. The molecule has 1 N–H and O–H groups in total. The predicted molar refractivity (Wildman–Crippen MR) is 97.6 cm³/mol. The standard InChI is InChI=1S/C18H23FN4O.ClH/c1-12(2)16-10-15(21-22(16)3)18(24)23-8-7-20-11-17(23)13-5-4-6-14(19)9-13;/h4-6,9-10,12,17,20H,7-8,11H2,1-3H3;1H. The van der Waals surface area contributed by atoms with Crippen molar-refractivity contribution >= 4 is 18.3 Å². The Morgan fingerprint density at radius 3 is 2.76 bits per heavy atom. The van der Waals surface area contributed by atoms with E-state index in [1.165, 1.54) is 12.1 Å². The molecule has 3 rings (SSSR count). The molecule has 0 aliphatic carbocycles. The molecule has 0 spiro atoms. The highest BCUT2D eigenvalue weighted by molar-refractivity contribution is 5.93. The van der Waals surface area contributed by atoms with Gasteiger partial charge in [0.15, 0.2) is 5.69 Å². The summed E-state index contributed by atoms with van der Waals surface area (Å²) in [6, 6.07) is 8.12. The Morgan fingerprint density at radius 2 is 2.12 bits per heavy atom. The SMILES string of the molecule is CC(C)c1cc(C(=O)N2CCNCC2c2cccc(F)c2)nn1C.Cl. The van der Waals surface area contributed by atoms with Crippen LogP contribution in [0.25, 0.3) is 0 Å². The van der Waals surface area contributed by atoms with Gasteiger partial charge in [-0.1, -0.05) is 26.0 Å². The zero-order chi connectivity index (χ0) is 17.3. The minimum Gasteiger partial charge on any atom is -0.328 e. The maximum Gasteiger partial charge on any atom is 0.274 e. The first kappa shape index (κ1) is 19.4. The Bertz CT molecular complexity index is 746. The topological polar surface area (TPSA) is 50.2 Å². The number of hydrogen-bond acceptors (Lipinski definition) is 3. The number of amides is 1. The smallest absolute Gasteiger partial charge is 0.274 e. The Labute approximate surface area is 153 Å². The number of carbonyl (C=O) groups excluding carboxylic acids is 1. The molecular weight excluding hydrogens is 343 g/mol. The Hall–Kier alpha value is -1.92. The Kier molecular flexibility index (Phi) is 6.19. The molecule has 0 bridgehead atoms. The van der Waals surface area contributed by atoms with Crippen LogP contribution in [0, 0.1) is 5.82 Å². The normalized spacial score (nSPS) is 17.5. The van der Waals surface area contributed by atoms with Crippen LogP contribution in [0.15, 0.2) is 30.3 Å². The third-order valence-electron chi connectivity index (χ3n) is 4.46. The molecule has 1 aromatic carbocycles. The van der Waals surface area contributed by atoms with Crippen molar-refractivity contribution in [3.05, 3.63) is 53.1 Å². The fourth-order valence-electron chi connectivity index (χ4n) is 3.23. The van der Waals surface area contributed by atoms with E-state index in [9.17, 15) is 9.18 Å². The third-order valence-corrected chi connectivity index (χ3v) is 4.46. The minimum absolute atomic E-state index is 0. The summed E-state index contributed by atoms with van der Waals surface area (Å²) < 4.78 is 15.3. The highest BCUT2D eigenvalue weighted by Gasteiger charge is 2.30. The van der Waals surface area contributed by atoms with Crippen molar-refractivity contribution in [2.24, 2.45) is 7.05 Å². The number of nitrogens with one attached hydrogen (secondary N) is 1. The van der Waals surface area contributed by atoms with Crippen molar-refractivity contribution in [1.82, 2.24) is 20.0 Å². The Morgan fingerprint density at radius 1 is 1.36 bits per heavy atom. The second kappa shape index (κ2) is 7.97. The number of rotatable bonds is 3. The van der Waals surface area contributed by atoms with Crippen molar-refractivity contribution < 1.29 is 9.18 Å². The first-order valence-corrected chi connectivity index (χ1v) is 8.28. The lowest BCUT2D eigenvalue weighted by Crippen LogP contribution is -2.48. The zero-order valence-corrected chi connectivity index (χ0v) is 15.5. The summed E-state index contributed by atoms with van der Waals surface area (Å²) >= 11 is 0. The number of piperazine rings is 1. The monoisotopic (exact) mass is 366 g/mol. The van der Waals surface area contributed by atoms with Gasteiger partial charge in [-0.2, -0.15) is 5.10 Å². The highest BCUT2D eigenvalue weighted by atomic mass is 35.5. The molecule has 1 aliphatic heterocycles. The van der Waals surface area contributed by atoms with Gasteiger partial charge in [0.2, 0.25) is 0 Å². The second-order valence-corrected chi connectivity index (χ2v) is 6.51. The number of nitrogens with zero attached hydrogens (tertiary/aromatic N) is 3. The van der Waals surface area contributed by atoms with Gasteiger partial charge in [-0.25, -0.2) is 4.39 Å². The zero-order valence-electron chi connectivity index (χ0n) is 14.7. The van der Waals surface area contributed by atoms with Crippen molar-refractivity contribution in [2.45, 2.75) is 25.8 Å². The fraction of sp³-hybridized carbons (Fsp3) is 0.444. The van der Waals surface area contributed by atoms with E-state index >= 15 is 0 Å². The van der Waals surface area contributed by atoms with Crippen LogP contribution in [0.4, 0.5) is 4.39 Å². The lowest BCUT2D eigenvalue weighted by atomic mass is 10.0. The van der Waals surface area contributed by atoms with Gasteiger partial charge in [-0.05, 0) is 29.7 Å². The maximum absolute atomic E-state index is 13.6. The van der Waals surface area contributed by atoms with Crippen LogP contribution in [-0.4, -0.2) is 40.2 Å². The molecule has 0 radical (unpaired) electrons. The van der Waals surface area contributed by atoms with Crippen LogP contribution in [0.2, 0.25) is 0 Å². The van der Waals surface area contributed by atoms with Crippen molar-refractivity contribution in [3.8, 4) is 0 Å². The maximum atomic E-state index is 13.6. The van der Waals surface area contributed by atoms with E-state index in [2.05, 4.69) is 24.3 Å².